The molecule has 3 aromatic carbocycles. The Morgan fingerprint density at radius 3 is 2.33 bits per heavy atom. The quantitative estimate of drug-likeness (QED) is 0.352. The van der Waals surface area contributed by atoms with Gasteiger partial charge in [0.25, 0.3) is 10.0 Å². The van der Waals surface area contributed by atoms with Crippen molar-refractivity contribution in [3.8, 4) is 0 Å². The number of rotatable bonds is 10. The predicted molar refractivity (Wildman–Crippen MR) is 144 cm³/mol. The Hall–Kier alpha value is -2.81. The van der Waals surface area contributed by atoms with E-state index in [1.807, 2.05) is 32.0 Å². The molecule has 1 unspecified atom stereocenters. The zero-order valence-corrected chi connectivity index (χ0v) is 22.5. The monoisotopic (exact) mass is 551 g/mol. The number of carbonyl (C=O) groups is 1. The van der Waals surface area contributed by atoms with Crippen LogP contribution in [0.1, 0.15) is 19.4 Å². The molecule has 10 heteroatoms. The third-order valence-electron chi connectivity index (χ3n) is 5.68. The van der Waals surface area contributed by atoms with Crippen LogP contribution < -0.4 is 14.5 Å². The lowest BCUT2D eigenvalue weighted by Gasteiger charge is -2.30. The number of carbonyl (C=O) groups excluding carboxylic acids is 1. The lowest BCUT2D eigenvalue weighted by molar-refractivity contribution is -0.121. The third-order valence-corrected chi connectivity index (χ3v) is 8.06. The molecule has 0 spiro atoms. The molecule has 36 heavy (non-hydrogen) atoms. The van der Waals surface area contributed by atoms with Gasteiger partial charge in [-0.05, 0) is 80.9 Å². The van der Waals surface area contributed by atoms with Crippen molar-refractivity contribution in [1.82, 2.24) is 5.32 Å². The van der Waals surface area contributed by atoms with Crippen LogP contribution in [0.4, 0.5) is 15.8 Å². The number of aryl methyl sites for hydroxylation is 1. The maximum Gasteiger partial charge on any atom is 0.265 e. The topological polar surface area (TPSA) is 69.7 Å². The van der Waals surface area contributed by atoms with Gasteiger partial charge in [0.15, 0.2) is 0 Å². The van der Waals surface area contributed by atoms with Crippen molar-refractivity contribution in [1.29, 1.82) is 0 Å². The Balaban J connectivity index is 1.85. The predicted octanol–water partition coefficient (Wildman–Crippen LogP) is 5.67. The first-order valence-corrected chi connectivity index (χ1v) is 13.6. The van der Waals surface area contributed by atoms with Crippen molar-refractivity contribution in [2.24, 2.45) is 0 Å². The fourth-order valence-electron chi connectivity index (χ4n) is 3.78. The Morgan fingerprint density at radius 1 is 1.03 bits per heavy atom. The summed E-state index contributed by atoms with van der Waals surface area (Å²) in [5, 5.41) is 3.26. The van der Waals surface area contributed by atoms with Gasteiger partial charge in [-0.15, -0.1) is 0 Å². The molecule has 1 N–H and O–H groups in total. The van der Waals surface area contributed by atoms with E-state index in [1.165, 1.54) is 43.3 Å². The van der Waals surface area contributed by atoms with Crippen molar-refractivity contribution in [2.75, 3.05) is 28.8 Å². The van der Waals surface area contributed by atoms with Crippen molar-refractivity contribution < 1.29 is 17.6 Å². The number of sulfonamides is 1. The number of hydrogen-bond donors (Lipinski definition) is 1. The SMILES string of the molecule is CCN(CCNC(=O)C(C)N(c1cc(Cl)ccc1F)S(=O)(=O)c1ccc(Cl)cc1)c1cccc(C)c1. The number of amides is 1. The number of likely N-dealkylation sites (N-methyl/N-ethyl adjacent to an activating group) is 1. The summed E-state index contributed by atoms with van der Waals surface area (Å²) in [5.74, 6) is -1.40. The van der Waals surface area contributed by atoms with Crippen LogP contribution in [-0.4, -0.2) is 40.0 Å². The maximum absolute atomic E-state index is 14.9. The molecular weight excluding hydrogens is 524 g/mol. The summed E-state index contributed by atoms with van der Waals surface area (Å²) >= 11 is 12.0. The van der Waals surface area contributed by atoms with E-state index in [4.69, 9.17) is 23.2 Å². The second-order valence-corrected chi connectivity index (χ2v) is 10.9. The molecule has 6 nitrogen and oxygen atoms in total. The van der Waals surface area contributed by atoms with Gasteiger partial charge in [-0.2, -0.15) is 0 Å². The first kappa shape index (κ1) is 27.8. The molecule has 0 aliphatic carbocycles. The van der Waals surface area contributed by atoms with E-state index in [0.717, 1.165) is 28.2 Å². The van der Waals surface area contributed by atoms with Gasteiger partial charge < -0.3 is 10.2 Å². The average molecular weight is 552 g/mol. The number of benzene rings is 3. The zero-order valence-electron chi connectivity index (χ0n) is 20.2. The third kappa shape index (κ3) is 6.49. The van der Waals surface area contributed by atoms with E-state index in [9.17, 15) is 17.6 Å². The second kappa shape index (κ2) is 12.0. The van der Waals surface area contributed by atoms with Gasteiger partial charge in [-0.25, -0.2) is 12.8 Å². The number of anilines is 2. The number of hydrogen-bond acceptors (Lipinski definition) is 4. The van der Waals surface area contributed by atoms with Gasteiger partial charge in [0, 0.05) is 35.4 Å². The largest absolute Gasteiger partial charge is 0.370 e. The summed E-state index contributed by atoms with van der Waals surface area (Å²) in [6.07, 6.45) is 0. The highest BCUT2D eigenvalue weighted by Crippen LogP contribution is 2.31. The molecule has 1 amide bonds. The average Bonchev–Trinajstić information content (AvgIpc) is 2.84. The van der Waals surface area contributed by atoms with E-state index in [0.29, 0.717) is 11.6 Å². The molecule has 0 aromatic heterocycles. The van der Waals surface area contributed by atoms with Gasteiger partial charge in [-0.1, -0.05) is 35.3 Å². The molecule has 0 aliphatic heterocycles. The Kier molecular flexibility index (Phi) is 9.22. The minimum Gasteiger partial charge on any atom is -0.370 e. The highest BCUT2D eigenvalue weighted by molar-refractivity contribution is 7.93. The Morgan fingerprint density at radius 2 is 1.69 bits per heavy atom. The van der Waals surface area contributed by atoms with Crippen LogP contribution >= 0.6 is 23.2 Å². The molecule has 0 saturated heterocycles. The van der Waals surface area contributed by atoms with Gasteiger partial charge in [-0.3, -0.25) is 9.10 Å². The molecule has 3 aromatic rings. The first-order valence-electron chi connectivity index (χ1n) is 11.4. The van der Waals surface area contributed by atoms with Crippen LogP contribution in [0.2, 0.25) is 10.0 Å². The summed E-state index contributed by atoms with van der Waals surface area (Å²) in [6, 6.07) is 15.7. The van der Waals surface area contributed by atoms with Crippen molar-refractivity contribution >= 4 is 50.5 Å². The van der Waals surface area contributed by atoms with Crippen LogP contribution in [0, 0.1) is 12.7 Å². The van der Waals surface area contributed by atoms with Gasteiger partial charge in [0.05, 0.1) is 10.6 Å². The number of halogens is 3. The van der Waals surface area contributed by atoms with Crippen LogP contribution in [0.3, 0.4) is 0 Å². The highest BCUT2D eigenvalue weighted by Gasteiger charge is 2.35. The normalized spacial score (nSPS) is 12.2. The molecule has 3 rings (SSSR count). The minimum atomic E-state index is -4.34. The molecule has 0 fully saturated rings. The van der Waals surface area contributed by atoms with Crippen LogP contribution in [0.5, 0.6) is 0 Å². The van der Waals surface area contributed by atoms with Crippen molar-refractivity contribution in [3.63, 3.8) is 0 Å². The van der Waals surface area contributed by atoms with Crippen molar-refractivity contribution in [3.05, 3.63) is 88.2 Å². The lowest BCUT2D eigenvalue weighted by Crippen LogP contribution is -2.49. The summed E-state index contributed by atoms with van der Waals surface area (Å²) in [7, 11) is -4.34. The summed E-state index contributed by atoms with van der Waals surface area (Å²) in [6.45, 7) is 6.91. The van der Waals surface area contributed by atoms with Gasteiger partial charge >= 0.3 is 0 Å². The molecule has 0 bridgehead atoms. The molecular formula is C26H28Cl2FN3O3S. The summed E-state index contributed by atoms with van der Waals surface area (Å²) < 4.78 is 42.8. The second-order valence-electron chi connectivity index (χ2n) is 8.24. The van der Waals surface area contributed by atoms with Crippen molar-refractivity contribution in [2.45, 2.75) is 31.7 Å². The molecule has 0 saturated carbocycles. The fourth-order valence-corrected chi connectivity index (χ4v) is 5.69. The number of nitrogens with zero attached hydrogens (tertiary/aromatic N) is 2. The minimum absolute atomic E-state index is 0.132. The fraction of sp³-hybridized carbons (Fsp3) is 0.269. The Labute approximate surface area is 221 Å². The molecule has 192 valence electrons. The van der Waals surface area contributed by atoms with E-state index >= 15 is 0 Å². The number of nitrogens with one attached hydrogen (secondary N) is 1. The maximum atomic E-state index is 14.9. The molecule has 1 atom stereocenters. The highest BCUT2D eigenvalue weighted by atomic mass is 35.5. The smallest absolute Gasteiger partial charge is 0.265 e. The van der Waals surface area contributed by atoms with E-state index in [2.05, 4.69) is 16.3 Å². The van der Waals surface area contributed by atoms with Gasteiger partial charge in [0.1, 0.15) is 11.9 Å². The summed E-state index contributed by atoms with van der Waals surface area (Å²) in [5.41, 5.74) is 1.82. The standard InChI is InChI=1S/C26H28Cl2FN3O3S/c1-4-31(22-7-5-6-18(2)16-22)15-14-30-26(33)19(3)32(25-17-21(28)10-13-24(25)29)36(34,35)23-11-8-20(27)9-12-23/h5-13,16-17,19H,4,14-15H2,1-3H3,(H,30,33). The zero-order chi connectivity index (χ0) is 26.5. The molecule has 0 aliphatic rings. The molecule has 0 radical (unpaired) electrons. The first-order chi connectivity index (χ1) is 17.0. The van der Waals surface area contributed by atoms with E-state index in [-0.39, 0.29) is 22.2 Å². The van der Waals surface area contributed by atoms with Crippen LogP contribution in [-0.2, 0) is 14.8 Å². The van der Waals surface area contributed by atoms with E-state index < -0.39 is 27.8 Å². The summed E-state index contributed by atoms with van der Waals surface area (Å²) in [4.78, 5) is 15.1. The van der Waals surface area contributed by atoms with Gasteiger partial charge in [0.2, 0.25) is 5.91 Å². The van der Waals surface area contributed by atoms with E-state index in [1.54, 1.807) is 0 Å². The lowest BCUT2D eigenvalue weighted by atomic mass is 10.2. The molecule has 0 heterocycles. The van der Waals surface area contributed by atoms with Crippen LogP contribution in [0.15, 0.2) is 71.6 Å². The Bertz CT molecular complexity index is 1320. The van der Waals surface area contributed by atoms with Crippen LogP contribution in [0.25, 0.3) is 0 Å².